The Bertz CT molecular complexity index is 92.2. The summed E-state index contributed by atoms with van der Waals surface area (Å²) in [5.41, 5.74) is 0. The van der Waals surface area contributed by atoms with Gasteiger partial charge in [-0.05, 0) is 25.7 Å². The molecule has 0 fully saturated rings. The minimum absolute atomic E-state index is 0.839. The van der Waals surface area contributed by atoms with E-state index in [0.717, 1.165) is 5.92 Å². The molecule has 11 heavy (non-hydrogen) atoms. The number of unbranched alkanes of at least 4 members (excludes halogenated alkanes) is 2. The molecule has 0 aliphatic rings. The topological polar surface area (TPSA) is 0 Å². The average molecular weight is 154 g/mol. The van der Waals surface area contributed by atoms with Gasteiger partial charge in [0.1, 0.15) is 0 Å². The Hall–Kier alpha value is -0.260. The van der Waals surface area contributed by atoms with Gasteiger partial charge < -0.3 is 0 Å². The summed E-state index contributed by atoms with van der Waals surface area (Å²) in [5.74, 6) is 0.839. The van der Waals surface area contributed by atoms with Crippen LogP contribution in [0.15, 0.2) is 12.2 Å². The normalized spacial score (nSPS) is 14.1. The molecule has 0 heterocycles. The molecular formula is C11H22. The first kappa shape index (κ1) is 10.7. The summed E-state index contributed by atoms with van der Waals surface area (Å²) in [5, 5.41) is 0. The van der Waals surface area contributed by atoms with E-state index in [1.54, 1.807) is 0 Å². The van der Waals surface area contributed by atoms with Crippen LogP contribution in [-0.2, 0) is 0 Å². The van der Waals surface area contributed by atoms with Crippen LogP contribution >= 0.6 is 0 Å². The van der Waals surface area contributed by atoms with E-state index in [-0.39, 0.29) is 0 Å². The highest BCUT2D eigenvalue weighted by atomic mass is 14.0. The average Bonchev–Trinajstić information content (AvgIpc) is 2.03. The second kappa shape index (κ2) is 7.84. The Morgan fingerprint density at radius 1 is 1.18 bits per heavy atom. The molecule has 0 spiro atoms. The van der Waals surface area contributed by atoms with E-state index in [4.69, 9.17) is 0 Å². The minimum atomic E-state index is 0.839. The molecule has 0 amide bonds. The molecule has 66 valence electrons. The van der Waals surface area contributed by atoms with Crippen molar-refractivity contribution in [2.24, 2.45) is 5.92 Å². The van der Waals surface area contributed by atoms with Crippen molar-refractivity contribution in [1.82, 2.24) is 0 Å². The molecular weight excluding hydrogens is 132 g/mol. The molecule has 0 aromatic carbocycles. The fourth-order valence-corrected chi connectivity index (χ4v) is 1.37. The van der Waals surface area contributed by atoms with Gasteiger partial charge >= 0.3 is 0 Å². The Kier molecular flexibility index (Phi) is 7.66. The first-order valence-electron chi connectivity index (χ1n) is 4.97. The van der Waals surface area contributed by atoms with Gasteiger partial charge in [-0.2, -0.15) is 0 Å². The summed E-state index contributed by atoms with van der Waals surface area (Å²) in [6, 6.07) is 0. The molecule has 0 heteroatoms. The van der Waals surface area contributed by atoms with Gasteiger partial charge in [0.2, 0.25) is 0 Å². The zero-order valence-electron chi connectivity index (χ0n) is 8.27. The van der Waals surface area contributed by atoms with E-state index in [0.29, 0.717) is 0 Å². The smallest absolute Gasteiger partial charge is 0.0236 e. The molecule has 0 saturated carbocycles. The Balaban J connectivity index is 3.36. The van der Waals surface area contributed by atoms with Crippen molar-refractivity contribution in [1.29, 1.82) is 0 Å². The minimum Gasteiger partial charge on any atom is -0.0914 e. The van der Waals surface area contributed by atoms with Crippen molar-refractivity contribution >= 4 is 0 Å². The third kappa shape index (κ3) is 6.15. The third-order valence-corrected chi connectivity index (χ3v) is 2.17. The van der Waals surface area contributed by atoms with Crippen LogP contribution in [0.5, 0.6) is 0 Å². The molecule has 0 aliphatic heterocycles. The quantitative estimate of drug-likeness (QED) is 0.398. The second-order valence-corrected chi connectivity index (χ2v) is 3.19. The summed E-state index contributed by atoms with van der Waals surface area (Å²) < 4.78 is 0. The van der Waals surface area contributed by atoms with Crippen LogP contribution in [-0.4, -0.2) is 0 Å². The molecule has 0 nitrogen and oxygen atoms in total. The lowest BCUT2D eigenvalue weighted by atomic mass is 9.98. The monoisotopic (exact) mass is 154 g/mol. The number of allylic oxidation sites excluding steroid dienone is 2. The summed E-state index contributed by atoms with van der Waals surface area (Å²) in [6.45, 7) is 6.65. The van der Waals surface area contributed by atoms with Gasteiger partial charge in [-0.15, -0.1) is 0 Å². The first-order valence-corrected chi connectivity index (χ1v) is 4.97. The van der Waals surface area contributed by atoms with Gasteiger partial charge in [-0.3, -0.25) is 0 Å². The van der Waals surface area contributed by atoms with E-state index in [1.807, 2.05) is 0 Å². The van der Waals surface area contributed by atoms with Gasteiger partial charge in [0.25, 0.3) is 0 Å². The van der Waals surface area contributed by atoms with E-state index in [9.17, 15) is 0 Å². The molecule has 0 aromatic heterocycles. The third-order valence-electron chi connectivity index (χ3n) is 2.17. The maximum atomic E-state index is 2.34. The van der Waals surface area contributed by atoms with Crippen molar-refractivity contribution in [3.8, 4) is 0 Å². The van der Waals surface area contributed by atoms with Crippen LogP contribution < -0.4 is 0 Å². The van der Waals surface area contributed by atoms with Crippen LogP contribution in [0.2, 0.25) is 0 Å². The molecule has 1 atom stereocenters. The molecule has 0 N–H and O–H groups in total. The lowest BCUT2D eigenvalue weighted by molar-refractivity contribution is 0.526. The summed E-state index contributed by atoms with van der Waals surface area (Å²) >= 11 is 0. The van der Waals surface area contributed by atoms with E-state index < -0.39 is 0 Å². The maximum absolute atomic E-state index is 2.34. The van der Waals surface area contributed by atoms with Crippen LogP contribution in [0.4, 0.5) is 0 Å². The van der Waals surface area contributed by atoms with Crippen LogP contribution in [0.25, 0.3) is 0 Å². The first-order chi connectivity index (χ1) is 5.35. The summed E-state index contributed by atoms with van der Waals surface area (Å²) in [7, 11) is 0. The van der Waals surface area contributed by atoms with Crippen molar-refractivity contribution < 1.29 is 0 Å². The van der Waals surface area contributed by atoms with Crippen LogP contribution in [0.3, 0.4) is 0 Å². The largest absolute Gasteiger partial charge is 0.0914 e. The number of hydrogen-bond donors (Lipinski definition) is 0. The van der Waals surface area contributed by atoms with Crippen molar-refractivity contribution in [2.75, 3.05) is 0 Å². The second-order valence-electron chi connectivity index (χ2n) is 3.19. The molecule has 0 aliphatic carbocycles. The number of hydrogen-bond acceptors (Lipinski definition) is 0. The van der Waals surface area contributed by atoms with E-state index >= 15 is 0 Å². The highest BCUT2D eigenvalue weighted by Crippen LogP contribution is 2.14. The lowest BCUT2D eigenvalue weighted by Crippen LogP contribution is -1.93. The van der Waals surface area contributed by atoms with Crippen molar-refractivity contribution in [2.45, 2.75) is 52.9 Å². The molecule has 0 rings (SSSR count). The molecule has 0 bridgehead atoms. The van der Waals surface area contributed by atoms with Gasteiger partial charge in [0.15, 0.2) is 0 Å². The summed E-state index contributed by atoms with van der Waals surface area (Å²) in [4.78, 5) is 0. The van der Waals surface area contributed by atoms with Gasteiger partial charge in [-0.25, -0.2) is 0 Å². The van der Waals surface area contributed by atoms with E-state index in [1.165, 1.54) is 32.1 Å². The molecule has 0 radical (unpaired) electrons. The SMILES string of the molecule is CC=CC(CC)CCCCC. The van der Waals surface area contributed by atoms with Gasteiger partial charge in [0, 0.05) is 0 Å². The fraction of sp³-hybridized carbons (Fsp3) is 0.818. The molecule has 0 aromatic rings. The number of rotatable bonds is 6. The maximum Gasteiger partial charge on any atom is -0.0236 e. The Morgan fingerprint density at radius 3 is 2.36 bits per heavy atom. The highest BCUT2D eigenvalue weighted by Gasteiger charge is 1.99. The van der Waals surface area contributed by atoms with Crippen molar-refractivity contribution in [3.63, 3.8) is 0 Å². The summed E-state index contributed by atoms with van der Waals surface area (Å²) in [6.07, 6.45) is 11.3. The molecule has 1 unspecified atom stereocenters. The van der Waals surface area contributed by atoms with Crippen LogP contribution in [0.1, 0.15) is 52.9 Å². The Labute approximate surface area is 71.7 Å². The molecule has 0 saturated heterocycles. The predicted molar refractivity (Wildman–Crippen MR) is 52.7 cm³/mol. The predicted octanol–water partition coefficient (Wildman–Crippen LogP) is 4.17. The van der Waals surface area contributed by atoms with Crippen LogP contribution in [0, 0.1) is 5.92 Å². The zero-order chi connectivity index (χ0) is 8.53. The standard InChI is InChI=1S/C11H22/c1-4-7-8-10-11(6-3)9-5-2/h5,9,11H,4,6-8,10H2,1-3H3. The van der Waals surface area contributed by atoms with Gasteiger partial charge in [-0.1, -0.05) is 45.3 Å². The Morgan fingerprint density at radius 2 is 1.91 bits per heavy atom. The van der Waals surface area contributed by atoms with Crippen molar-refractivity contribution in [3.05, 3.63) is 12.2 Å². The highest BCUT2D eigenvalue weighted by molar-refractivity contribution is 4.84. The zero-order valence-corrected chi connectivity index (χ0v) is 8.27. The fourth-order valence-electron chi connectivity index (χ4n) is 1.37. The lowest BCUT2D eigenvalue weighted by Gasteiger charge is -2.08. The van der Waals surface area contributed by atoms with E-state index in [2.05, 4.69) is 32.9 Å². The van der Waals surface area contributed by atoms with Gasteiger partial charge in [0.05, 0.1) is 0 Å².